The summed E-state index contributed by atoms with van der Waals surface area (Å²) in [6, 6.07) is 11.1. The highest BCUT2D eigenvalue weighted by Gasteiger charge is 2.47. The molecule has 2 aromatic heterocycles. The fraction of sp³-hybridized carbons (Fsp3) is 0.174. The Bertz CT molecular complexity index is 1190. The summed E-state index contributed by atoms with van der Waals surface area (Å²) >= 11 is 3.39. The number of nitrogens with zero attached hydrogens (tertiary/aromatic N) is 2. The smallest absolute Gasteiger partial charge is 0.296 e. The fourth-order valence-corrected chi connectivity index (χ4v) is 4.13. The van der Waals surface area contributed by atoms with Gasteiger partial charge in [0.25, 0.3) is 11.7 Å². The van der Waals surface area contributed by atoms with Crippen molar-refractivity contribution in [3.8, 4) is 5.75 Å². The standard InChI is InChI=1S/C23H19BrN2O5/c1-13-3-5-18(31-13)20-19(21(27)15-4-6-17(30-2)16(24)11-15)22(28)23(29)26(20)12-14-7-9-25-10-8-14/h3-11,20,27H,12H2,1-2H3/b21-19-. The maximum absolute atomic E-state index is 13.0. The first-order chi connectivity index (χ1) is 14.9. The molecule has 1 aliphatic heterocycles. The van der Waals surface area contributed by atoms with Crippen molar-refractivity contribution in [2.45, 2.75) is 19.5 Å². The number of likely N-dealkylation sites (tertiary alicyclic amines) is 1. The lowest BCUT2D eigenvalue weighted by Gasteiger charge is -2.23. The molecule has 1 atom stereocenters. The quantitative estimate of drug-likeness (QED) is 0.329. The van der Waals surface area contributed by atoms with Crippen LogP contribution in [0.1, 0.15) is 28.7 Å². The molecule has 4 rings (SSSR count). The van der Waals surface area contributed by atoms with Crippen LogP contribution >= 0.6 is 15.9 Å². The SMILES string of the molecule is COc1ccc(/C(O)=C2/C(=O)C(=O)N(Cc3ccncc3)C2c2ccc(C)o2)cc1Br. The van der Waals surface area contributed by atoms with E-state index in [-0.39, 0.29) is 17.9 Å². The van der Waals surface area contributed by atoms with Crippen LogP contribution in [0.5, 0.6) is 5.75 Å². The van der Waals surface area contributed by atoms with Crippen LogP contribution < -0.4 is 4.74 Å². The van der Waals surface area contributed by atoms with E-state index >= 15 is 0 Å². The summed E-state index contributed by atoms with van der Waals surface area (Å²) in [6.07, 6.45) is 3.24. The molecule has 0 spiro atoms. The van der Waals surface area contributed by atoms with E-state index in [9.17, 15) is 14.7 Å². The average Bonchev–Trinajstić information content (AvgIpc) is 3.30. The molecule has 31 heavy (non-hydrogen) atoms. The molecule has 8 heteroatoms. The Balaban J connectivity index is 1.85. The Kier molecular flexibility index (Phi) is 5.65. The minimum atomic E-state index is -0.859. The van der Waals surface area contributed by atoms with Crippen molar-refractivity contribution in [2.75, 3.05) is 7.11 Å². The van der Waals surface area contributed by atoms with Crippen LogP contribution in [0.2, 0.25) is 0 Å². The Morgan fingerprint density at radius 3 is 2.55 bits per heavy atom. The van der Waals surface area contributed by atoms with Crippen molar-refractivity contribution in [2.24, 2.45) is 0 Å². The third kappa shape index (κ3) is 3.86. The van der Waals surface area contributed by atoms with E-state index in [1.54, 1.807) is 61.8 Å². The maximum Gasteiger partial charge on any atom is 0.296 e. The molecule has 1 aliphatic rings. The number of furan rings is 1. The Morgan fingerprint density at radius 2 is 1.94 bits per heavy atom. The molecule has 1 aromatic carbocycles. The molecular formula is C23H19BrN2O5. The summed E-state index contributed by atoms with van der Waals surface area (Å²) in [5.41, 5.74) is 1.16. The predicted octanol–water partition coefficient (Wildman–Crippen LogP) is 4.38. The van der Waals surface area contributed by atoms with E-state index in [0.717, 1.165) is 5.56 Å². The van der Waals surface area contributed by atoms with Gasteiger partial charge in [0.15, 0.2) is 0 Å². The zero-order valence-electron chi connectivity index (χ0n) is 16.8. The Hall–Kier alpha value is -3.39. The van der Waals surface area contributed by atoms with Crippen LogP contribution in [0.15, 0.2) is 69.3 Å². The molecule has 1 saturated heterocycles. The molecule has 0 aliphatic carbocycles. The molecule has 1 amide bonds. The molecule has 7 nitrogen and oxygen atoms in total. The Morgan fingerprint density at radius 1 is 1.19 bits per heavy atom. The lowest BCUT2D eigenvalue weighted by atomic mass is 9.99. The number of pyridine rings is 1. The number of halogens is 1. The molecule has 0 bridgehead atoms. The summed E-state index contributed by atoms with van der Waals surface area (Å²) in [5, 5.41) is 11.1. The molecule has 1 N–H and O–H groups in total. The average molecular weight is 483 g/mol. The van der Waals surface area contributed by atoms with Crippen LogP contribution in [0.3, 0.4) is 0 Å². The van der Waals surface area contributed by atoms with Crippen molar-refractivity contribution < 1.29 is 23.8 Å². The third-order valence-electron chi connectivity index (χ3n) is 5.10. The minimum absolute atomic E-state index is 0.0227. The van der Waals surface area contributed by atoms with Gasteiger partial charge in [-0.1, -0.05) is 0 Å². The van der Waals surface area contributed by atoms with Gasteiger partial charge >= 0.3 is 0 Å². The molecule has 1 unspecified atom stereocenters. The number of aryl methyl sites for hydroxylation is 1. The number of hydrogen-bond donors (Lipinski definition) is 1. The topological polar surface area (TPSA) is 92.9 Å². The van der Waals surface area contributed by atoms with Crippen LogP contribution in [-0.4, -0.2) is 33.8 Å². The van der Waals surface area contributed by atoms with Gasteiger partial charge in [-0.15, -0.1) is 0 Å². The van der Waals surface area contributed by atoms with Gasteiger partial charge in [0.1, 0.15) is 29.1 Å². The second-order valence-electron chi connectivity index (χ2n) is 7.08. The van der Waals surface area contributed by atoms with Crippen molar-refractivity contribution in [3.63, 3.8) is 0 Å². The number of carbonyl (C=O) groups excluding carboxylic acids is 2. The molecule has 3 heterocycles. The first-order valence-electron chi connectivity index (χ1n) is 9.48. The number of aromatic nitrogens is 1. The third-order valence-corrected chi connectivity index (χ3v) is 5.72. The van der Waals surface area contributed by atoms with Gasteiger partial charge in [0.05, 0.1) is 17.2 Å². The fourth-order valence-electron chi connectivity index (χ4n) is 3.59. The van der Waals surface area contributed by atoms with Crippen LogP contribution in [-0.2, 0) is 16.1 Å². The van der Waals surface area contributed by atoms with E-state index in [0.29, 0.717) is 27.3 Å². The highest BCUT2D eigenvalue weighted by Crippen LogP contribution is 2.41. The molecule has 158 valence electrons. The lowest BCUT2D eigenvalue weighted by molar-refractivity contribution is -0.140. The summed E-state index contributed by atoms with van der Waals surface area (Å²) in [6.45, 7) is 1.94. The van der Waals surface area contributed by atoms with Gasteiger partial charge in [-0.3, -0.25) is 14.6 Å². The molecular weight excluding hydrogens is 464 g/mol. The zero-order valence-corrected chi connectivity index (χ0v) is 18.4. The highest BCUT2D eigenvalue weighted by molar-refractivity contribution is 9.10. The van der Waals surface area contributed by atoms with Gasteiger partial charge in [-0.05, 0) is 70.9 Å². The second kappa shape index (κ2) is 8.39. The van der Waals surface area contributed by atoms with E-state index in [2.05, 4.69) is 20.9 Å². The van der Waals surface area contributed by atoms with Crippen molar-refractivity contribution >= 4 is 33.4 Å². The first kappa shape index (κ1) is 20.9. The normalized spacial score (nSPS) is 17.9. The monoisotopic (exact) mass is 482 g/mol. The highest BCUT2D eigenvalue weighted by atomic mass is 79.9. The van der Waals surface area contributed by atoms with E-state index in [1.807, 2.05) is 0 Å². The molecule has 3 aromatic rings. The van der Waals surface area contributed by atoms with Crippen molar-refractivity contribution in [1.82, 2.24) is 9.88 Å². The second-order valence-corrected chi connectivity index (χ2v) is 7.93. The van der Waals surface area contributed by atoms with E-state index in [1.165, 1.54) is 12.0 Å². The van der Waals surface area contributed by atoms with Crippen LogP contribution in [0.25, 0.3) is 5.76 Å². The number of hydrogen-bond acceptors (Lipinski definition) is 6. The first-order valence-corrected chi connectivity index (χ1v) is 10.3. The zero-order chi connectivity index (χ0) is 22.1. The summed E-state index contributed by atoms with van der Waals surface area (Å²) < 4.78 is 11.6. The van der Waals surface area contributed by atoms with Crippen LogP contribution in [0.4, 0.5) is 0 Å². The van der Waals surface area contributed by atoms with Crippen LogP contribution in [0, 0.1) is 6.92 Å². The largest absolute Gasteiger partial charge is 0.507 e. The van der Waals surface area contributed by atoms with Gasteiger partial charge in [0.2, 0.25) is 0 Å². The lowest BCUT2D eigenvalue weighted by Crippen LogP contribution is -2.29. The minimum Gasteiger partial charge on any atom is -0.507 e. The number of methoxy groups -OCH3 is 1. The van der Waals surface area contributed by atoms with Crippen molar-refractivity contribution in [1.29, 1.82) is 0 Å². The van der Waals surface area contributed by atoms with E-state index < -0.39 is 17.7 Å². The number of ketones is 1. The molecule has 0 radical (unpaired) electrons. The summed E-state index contributed by atoms with van der Waals surface area (Å²) in [7, 11) is 1.53. The number of ether oxygens (including phenoxy) is 1. The number of rotatable bonds is 5. The number of benzene rings is 1. The van der Waals surface area contributed by atoms with Gasteiger partial charge in [-0.25, -0.2) is 0 Å². The van der Waals surface area contributed by atoms with E-state index in [4.69, 9.17) is 9.15 Å². The maximum atomic E-state index is 13.0. The molecule has 1 fully saturated rings. The van der Waals surface area contributed by atoms with Crippen molar-refractivity contribution in [3.05, 3.63) is 87.6 Å². The Labute approximate surface area is 187 Å². The number of aliphatic hydroxyl groups is 1. The summed E-state index contributed by atoms with van der Waals surface area (Å²) in [4.78, 5) is 31.4. The number of Topliss-reactive ketones (excluding diaryl/α,β-unsaturated/α-hetero) is 1. The number of carbonyl (C=O) groups is 2. The number of aliphatic hydroxyl groups excluding tert-OH is 1. The van der Waals surface area contributed by atoms with Gasteiger partial charge in [-0.2, -0.15) is 0 Å². The predicted molar refractivity (Wildman–Crippen MR) is 116 cm³/mol. The molecule has 0 saturated carbocycles. The van der Waals surface area contributed by atoms with Gasteiger partial charge < -0.3 is 19.2 Å². The number of amides is 1. The van der Waals surface area contributed by atoms with Gasteiger partial charge in [0, 0.05) is 24.5 Å². The summed E-state index contributed by atoms with van der Waals surface area (Å²) in [5.74, 6) is -0.134.